The summed E-state index contributed by atoms with van der Waals surface area (Å²) in [6.45, 7) is 0.922. The van der Waals surface area contributed by atoms with Crippen molar-refractivity contribution < 1.29 is 14.7 Å². The fourth-order valence-corrected chi connectivity index (χ4v) is 3.67. The SMILES string of the molecule is Cn1cc(CNC(=O)N2CC3CCCC3C2C(=O)O)cn1. The third kappa shape index (κ3) is 2.59. The lowest BCUT2D eigenvalue weighted by atomic mass is 9.94. The Labute approximate surface area is 122 Å². The second-order valence-corrected chi connectivity index (χ2v) is 5.97. The number of hydrogen-bond donors (Lipinski definition) is 2. The molecule has 2 fully saturated rings. The van der Waals surface area contributed by atoms with Crippen molar-refractivity contribution in [3.63, 3.8) is 0 Å². The van der Waals surface area contributed by atoms with Crippen LogP contribution in [0, 0.1) is 11.8 Å². The smallest absolute Gasteiger partial charge is 0.326 e. The predicted octanol–water partition coefficient (Wildman–Crippen LogP) is 0.815. The van der Waals surface area contributed by atoms with Gasteiger partial charge in [-0.3, -0.25) is 4.68 Å². The standard InChI is InChI=1S/C14H20N4O3/c1-17-7-9(6-16-17)5-15-14(21)18-8-10-3-2-4-11(10)12(18)13(19)20/h6-7,10-12H,2-5,8H2,1H3,(H,15,21)(H,19,20). The number of fused-ring (bicyclic) bond motifs is 1. The van der Waals surface area contributed by atoms with Crippen molar-refractivity contribution in [3.8, 4) is 0 Å². The average molecular weight is 292 g/mol. The summed E-state index contributed by atoms with van der Waals surface area (Å²) < 4.78 is 1.67. The average Bonchev–Trinajstić information content (AvgIpc) is 3.09. The Morgan fingerprint density at radius 3 is 2.95 bits per heavy atom. The molecular formula is C14H20N4O3. The number of hydrogen-bond acceptors (Lipinski definition) is 3. The summed E-state index contributed by atoms with van der Waals surface area (Å²) >= 11 is 0. The fourth-order valence-electron chi connectivity index (χ4n) is 3.67. The Morgan fingerprint density at radius 1 is 1.48 bits per heavy atom. The van der Waals surface area contributed by atoms with Gasteiger partial charge >= 0.3 is 12.0 Å². The molecule has 21 heavy (non-hydrogen) atoms. The summed E-state index contributed by atoms with van der Waals surface area (Å²) in [5, 5.41) is 16.3. The van der Waals surface area contributed by atoms with E-state index in [1.165, 1.54) is 4.90 Å². The first kappa shape index (κ1) is 13.9. The number of aromatic nitrogens is 2. The van der Waals surface area contributed by atoms with E-state index in [2.05, 4.69) is 10.4 Å². The molecule has 0 spiro atoms. The Morgan fingerprint density at radius 2 is 2.29 bits per heavy atom. The molecule has 2 aliphatic rings. The number of aliphatic carboxylic acids is 1. The zero-order valence-electron chi connectivity index (χ0n) is 12.0. The molecule has 3 rings (SSSR count). The minimum atomic E-state index is -0.888. The Bertz CT molecular complexity index is 556. The number of aryl methyl sites for hydroxylation is 1. The molecule has 2 N–H and O–H groups in total. The van der Waals surface area contributed by atoms with Gasteiger partial charge in [0.05, 0.1) is 6.20 Å². The van der Waals surface area contributed by atoms with E-state index in [9.17, 15) is 14.7 Å². The van der Waals surface area contributed by atoms with Gasteiger partial charge in [-0.05, 0) is 24.7 Å². The zero-order valence-corrected chi connectivity index (χ0v) is 12.0. The monoisotopic (exact) mass is 292 g/mol. The first-order chi connectivity index (χ1) is 10.1. The van der Waals surface area contributed by atoms with Crippen LogP contribution in [0.2, 0.25) is 0 Å². The number of amides is 2. The van der Waals surface area contributed by atoms with E-state index >= 15 is 0 Å². The number of likely N-dealkylation sites (tertiary alicyclic amines) is 1. The molecule has 1 saturated carbocycles. The Balaban J connectivity index is 1.64. The summed E-state index contributed by atoms with van der Waals surface area (Å²) in [4.78, 5) is 25.3. The zero-order chi connectivity index (χ0) is 15.0. The quantitative estimate of drug-likeness (QED) is 0.863. The van der Waals surface area contributed by atoms with Crippen molar-refractivity contribution in [1.29, 1.82) is 0 Å². The first-order valence-corrected chi connectivity index (χ1v) is 7.31. The van der Waals surface area contributed by atoms with E-state index in [4.69, 9.17) is 0 Å². The molecule has 2 amide bonds. The van der Waals surface area contributed by atoms with Crippen molar-refractivity contribution in [2.75, 3.05) is 6.54 Å². The first-order valence-electron chi connectivity index (χ1n) is 7.31. The largest absolute Gasteiger partial charge is 0.480 e. The van der Waals surface area contributed by atoms with Gasteiger partial charge in [-0.1, -0.05) is 6.42 Å². The highest BCUT2D eigenvalue weighted by Crippen LogP contribution is 2.42. The molecule has 114 valence electrons. The van der Waals surface area contributed by atoms with Crippen LogP contribution in [0.25, 0.3) is 0 Å². The number of nitrogens with one attached hydrogen (secondary N) is 1. The fraction of sp³-hybridized carbons (Fsp3) is 0.643. The lowest BCUT2D eigenvalue weighted by Gasteiger charge is -2.24. The number of carboxylic acid groups (broad SMARTS) is 1. The van der Waals surface area contributed by atoms with Crippen LogP contribution >= 0.6 is 0 Å². The van der Waals surface area contributed by atoms with E-state index in [1.807, 2.05) is 13.2 Å². The Kier molecular flexibility index (Phi) is 3.57. The molecule has 3 unspecified atom stereocenters. The molecule has 2 heterocycles. The summed E-state index contributed by atoms with van der Waals surface area (Å²) in [5.74, 6) is -0.428. The summed E-state index contributed by atoms with van der Waals surface area (Å²) in [7, 11) is 1.81. The van der Waals surface area contributed by atoms with Crippen LogP contribution in [0.5, 0.6) is 0 Å². The minimum Gasteiger partial charge on any atom is -0.480 e. The number of rotatable bonds is 3. The molecule has 3 atom stereocenters. The van der Waals surface area contributed by atoms with E-state index in [0.29, 0.717) is 19.0 Å². The molecular weight excluding hydrogens is 272 g/mol. The Hall–Kier alpha value is -2.05. The van der Waals surface area contributed by atoms with Crippen LogP contribution in [0.3, 0.4) is 0 Å². The van der Waals surface area contributed by atoms with Gasteiger partial charge in [0.25, 0.3) is 0 Å². The summed E-state index contributed by atoms with van der Waals surface area (Å²) in [6.07, 6.45) is 6.53. The van der Waals surface area contributed by atoms with Crippen molar-refractivity contribution in [1.82, 2.24) is 20.0 Å². The van der Waals surface area contributed by atoms with Gasteiger partial charge in [-0.25, -0.2) is 9.59 Å². The normalized spacial score (nSPS) is 27.7. The molecule has 0 bridgehead atoms. The van der Waals surface area contributed by atoms with Crippen LogP contribution in [-0.2, 0) is 18.4 Å². The molecule has 0 radical (unpaired) electrons. The molecule has 0 aromatic carbocycles. The topological polar surface area (TPSA) is 87.5 Å². The number of carbonyl (C=O) groups excluding carboxylic acids is 1. The van der Waals surface area contributed by atoms with E-state index < -0.39 is 12.0 Å². The maximum absolute atomic E-state index is 12.3. The van der Waals surface area contributed by atoms with Crippen molar-refractivity contribution in [2.24, 2.45) is 18.9 Å². The maximum Gasteiger partial charge on any atom is 0.326 e. The molecule has 7 nitrogen and oxygen atoms in total. The van der Waals surface area contributed by atoms with Crippen LogP contribution in [0.15, 0.2) is 12.4 Å². The third-order valence-corrected chi connectivity index (χ3v) is 4.61. The summed E-state index contributed by atoms with van der Waals surface area (Å²) in [5.41, 5.74) is 0.900. The van der Waals surface area contributed by atoms with Crippen LogP contribution in [0.1, 0.15) is 24.8 Å². The van der Waals surface area contributed by atoms with Crippen LogP contribution < -0.4 is 5.32 Å². The molecule has 1 aromatic heterocycles. The summed E-state index contributed by atoms with van der Waals surface area (Å²) in [6, 6.07) is -0.966. The van der Waals surface area contributed by atoms with Crippen molar-refractivity contribution in [3.05, 3.63) is 18.0 Å². The molecule has 1 aromatic rings. The van der Waals surface area contributed by atoms with Crippen molar-refractivity contribution in [2.45, 2.75) is 31.8 Å². The third-order valence-electron chi connectivity index (χ3n) is 4.61. The van der Waals surface area contributed by atoms with E-state index in [1.54, 1.807) is 10.9 Å². The molecule has 1 aliphatic heterocycles. The van der Waals surface area contributed by atoms with Crippen LogP contribution in [0.4, 0.5) is 4.79 Å². The van der Waals surface area contributed by atoms with E-state index in [0.717, 1.165) is 24.8 Å². The second kappa shape index (κ2) is 5.38. The number of carboxylic acids is 1. The van der Waals surface area contributed by atoms with Gasteiger partial charge < -0.3 is 15.3 Å². The van der Waals surface area contributed by atoms with Gasteiger partial charge in [-0.2, -0.15) is 5.10 Å². The van der Waals surface area contributed by atoms with Gasteiger partial charge in [0, 0.05) is 31.9 Å². The molecule has 1 saturated heterocycles. The second-order valence-electron chi connectivity index (χ2n) is 5.97. The molecule has 1 aliphatic carbocycles. The van der Waals surface area contributed by atoms with E-state index in [-0.39, 0.29) is 11.9 Å². The van der Waals surface area contributed by atoms with Crippen LogP contribution in [-0.4, -0.2) is 44.4 Å². The van der Waals surface area contributed by atoms with Gasteiger partial charge in [0.1, 0.15) is 6.04 Å². The van der Waals surface area contributed by atoms with Crippen molar-refractivity contribution >= 4 is 12.0 Å². The highest BCUT2D eigenvalue weighted by Gasteiger charge is 2.49. The number of nitrogens with zero attached hydrogens (tertiary/aromatic N) is 3. The van der Waals surface area contributed by atoms with Gasteiger partial charge in [0.15, 0.2) is 0 Å². The van der Waals surface area contributed by atoms with Gasteiger partial charge in [-0.15, -0.1) is 0 Å². The lowest BCUT2D eigenvalue weighted by Crippen LogP contribution is -2.47. The highest BCUT2D eigenvalue weighted by molar-refractivity contribution is 5.83. The minimum absolute atomic E-state index is 0.117. The maximum atomic E-state index is 12.3. The number of carbonyl (C=O) groups is 2. The highest BCUT2D eigenvalue weighted by atomic mass is 16.4. The number of urea groups is 1. The van der Waals surface area contributed by atoms with Gasteiger partial charge in [0.2, 0.25) is 0 Å². The lowest BCUT2D eigenvalue weighted by molar-refractivity contribution is -0.142. The molecule has 7 heteroatoms. The predicted molar refractivity (Wildman–Crippen MR) is 74.4 cm³/mol.